The van der Waals surface area contributed by atoms with E-state index in [1.54, 1.807) is 36.4 Å². The Balaban J connectivity index is 1.83. The Bertz CT molecular complexity index is 1000. The van der Waals surface area contributed by atoms with E-state index in [0.29, 0.717) is 9.27 Å². The van der Waals surface area contributed by atoms with Crippen molar-refractivity contribution in [1.29, 1.82) is 0 Å². The summed E-state index contributed by atoms with van der Waals surface area (Å²) in [5, 5.41) is 3.21. The van der Waals surface area contributed by atoms with E-state index in [1.165, 1.54) is 71.7 Å². The molecule has 7 heteroatoms. The fourth-order valence-electron chi connectivity index (χ4n) is 2.01. The van der Waals surface area contributed by atoms with Gasteiger partial charge in [0.15, 0.2) is 0 Å². The molecule has 0 aliphatic heterocycles. The summed E-state index contributed by atoms with van der Waals surface area (Å²) < 4.78 is 40.0. The van der Waals surface area contributed by atoms with Crippen molar-refractivity contribution in [2.75, 3.05) is 0 Å². The van der Waals surface area contributed by atoms with Gasteiger partial charge in [0, 0.05) is 14.7 Å². The predicted octanol–water partition coefficient (Wildman–Crippen LogP) is 8.15. The highest BCUT2D eigenvalue weighted by atomic mass is 35.5. The predicted molar refractivity (Wildman–Crippen MR) is 117 cm³/mol. The normalized spacial score (nSPS) is 10.2. The molecule has 0 aromatic heterocycles. The molecule has 3 aromatic rings. The van der Waals surface area contributed by atoms with Crippen LogP contribution in [-0.2, 0) is 0 Å². The third-order valence-corrected chi connectivity index (χ3v) is 6.89. The highest BCUT2D eigenvalue weighted by molar-refractivity contribution is 8.22. The number of benzene rings is 3. The van der Waals surface area contributed by atoms with Crippen LogP contribution in [0, 0.1) is 28.6 Å². The van der Waals surface area contributed by atoms with Crippen LogP contribution in [0.4, 0.5) is 13.2 Å². The largest absolute Gasteiger partial charge is 0.207 e. The molecule has 0 aliphatic carbocycles. The van der Waals surface area contributed by atoms with Crippen molar-refractivity contribution in [3.05, 3.63) is 99.5 Å². The average molecular weight is 465 g/mol. The summed E-state index contributed by atoms with van der Waals surface area (Å²) >= 11 is 10.4. The van der Waals surface area contributed by atoms with E-state index in [-0.39, 0.29) is 17.5 Å². The summed E-state index contributed by atoms with van der Waals surface area (Å²) in [7, 11) is 0. The lowest BCUT2D eigenvalue weighted by molar-refractivity contribution is 0.626. The molecule has 0 amide bonds. The molecule has 0 atom stereocenters. The van der Waals surface area contributed by atoms with E-state index in [1.807, 2.05) is 0 Å². The van der Waals surface area contributed by atoms with E-state index >= 15 is 0 Å². The maximum Gasteiger partial charge on any atom is 0.123 e. The molecule has 0 N–H and O–H groups in total. The fourth-order valence-corrected chi connectivity index (χ4v) is 4.89. The average Bonchev–Trinajstić information content (AvgIpc) is 2.72. The summed E-state index contributed by atoms with van der Waals surface area (Å²) in [6.45, 7) is 0. The van der Waals surface area contributed by atoms with Gasteiger partial charge in [-0.3, -0.25) is 0 Å². The highest BCUT2D eigenvalue weighted by Gasteiger charge is 2.09. The Hall–Kier alpha value is -1.91. The van der Waals surface area contributed by atoms with Gasteiger partial charge in [0.05, 0.1) is 4.24 Å². The van der Waals surface area contributed by atoms with E-state index in [4.69, 9.17) is 11.6 Å². The van der Waals surface area contributed by atoms with E-state index in [2.05, 4.69) is 11.2 Å². The molecule has 0 nitrogen and oxygen atoms in total. The van der Waals surface area contributed by atoms with Gasteiger partial charge in [0.25, 0.3) is 0 Å². The molecular formula is C22H12ClF3S3. The summed E-state index contributed by atoms with van der Waals surface area (Å²) in [4.78, 5) is 2.38. The second-order valence-electron chi connectivity index (χ2n) is 5.50. The molecule has 146 valence electrons. The van der Waals surface area contributed by atoms with Crippen LogP contribution in [-0.4, -0.2) is 0 Å². The highest BCUT2D eigenvalue weighted by Crippen LogP contribution is 2.42. The van der Waals surface area contributed by atoms with Gasteiger partial charge < -0.3 is 0 Å². The monoisotopic (exact) mass is 464 g/mol. The summed E-state index contributed by atoms with van der Waals surface area (Å²) in [6, 6.07) is 18.1. The van der Waals surface area contributed by atoms with Crippen LogP contribution in [0.5, 0.6) is 0 Å². The first kappa shape index (κ1) is 21.8. The standard InChI is InChI=1S/C22H12ClF3S3/c23-21(13-14-27-18-7-1-15(24)2-8-18)22(28-19-9-3-16(25)4-10-19)29-20-11-5-17(26)6-12-20/h1-12H. The van der Waals surface area contributed by atoms with Crippen LogP contribution >= 0.6 is 46.9 Å². The number of hydrogen-bond acceptors (Lipinski definition) is 3. The minimum atomic E-state index is -0.326. The van der Waals surface area contributed by atoms with Gasteiger partial charge in [0.1, 0.15) is 22.5 Å². The van der Waals surface area contributed by atoms with Crippen molar-refractivity contribution in [1.82, 2.24) is 0 Å². The van der Waals surface area contributed by atoms with Crippen LogP contribution in [0.15, 0.2) is 96.8 Å². The second-order valence-corrected chi connectivity index (χ2v) is 9.18. The van der Waals surface area contributed by atoms with Crippen LogP contribution in [0.2, 0.25) is 0 Å². The Kier molecular flexibility index (Phi) is 8.08. The molecule has 0 bridgehead atoms. The molecule has 29 heavy (non-hydrogen) atoms. The van der Waals surface area contributed by atoms with E-state index < -0.39 is 0 Å². The molecule has 3 rings (SSSR count). The van der Waals surface area contributed by atoms with Gasteiger partial charge in [-0.2, -0.15) is 0 Å². The topological polar surface area (TPSA) is 0 Å². The third-order valence-electron chi connectivity index (χ3n) is 3.37. The molecule has 0 saturated carbocycles. The SMILES string of the molecule is Fc1ccc(SC#CC(Cl)=C(Sc2ccc(F)cc2)Sc2ccc(F)cc2)cc1. The zero-order valence-electron chi connectivity index (χ0n) is 14.7. The molecule has 0 heterocycles. The lowest BCUT2D eigenvalue weighted by Crippen LogP contribution is -1.81. The van der Waals surface area contributed by atoms with E-state index in [0.717, 1.165) is 14.7 Å². The molecular weight excluding hydrogens is 453 g/mol. The van der Waals surface area contributed by atoms with E-state index in [9.17, 15) is 13.2 Å². The number of halogens is 4. The maximum absolute atomic E-state index is 13.2. The lowest BCUT2D eigenvalue weighted by atomic mass is 10.4. The molecule has 0 spiro atoms. The first-order valence-electron chi connectivity index (χ1n) is 8.19. The Labute approximate surface area is 184 Å². The summed E-state index contributed by atoms with van der Waals surface area (Å²) in [6.07, 6.45) is 0. The lowest BCUT2D eigenvalue weighted by Gasteiger charge is -2.08. The Morgan fingerprint density at radius 2 is 1.00 bits per heavy atom. The quantitative estimate of drug-likeness (QED) is 0.276. The number of hydrogen-bond donors (Lipinski definition) is 0. The van der Waals surface area contributed by atoms with Crippen molar-refractivity contribution >= 4 is 46.9 Å². The van der Waals surface area contributed by atoms with Gasteiger partial charge in [-0.25, -0.2) is 13.2 Å². The van der Waals surface area contributed by atoms with Crippen LogP contribution in [0.3, 0.4) is 0 Å². The fraction of sp³-hybridized carbons (Fsp3) is 0. The van der Waals surface area contributed by atoms with Crippen molar-refractivity contribution in [3.63, 3.8) is 0 Å². The third kappa shape index (κ3) is 7.13. The smallest absolute Gasteiger partial charge is 0.123 e. The first-order chi connectivity index (χ1) is 14.0. The van der Waals surface area contributed by atoms with Gasteiger partial charge in [-0.15, -0.1) is 0 Å². The molecule has 0 fully saturated rings. The van der Waals surface area contributed by atoms with Gasteiger partial charge >= 0.3 is 0 Å². The summed E-state index contributed by atoms with van der Waals surface area (Å²) in [5.41, 5.74) is 0. The van der Waals surface area contributed by atoms with Gasteiger partial charge in [-0.05, 0) is 95.7 Å². The number of allylic oxidation sites excluding steroid dienone is 1. The molecule has 0 aliphatic rings. The van der Waals surface area contributed by atoms with Crippen molar-refractivity contribution in [3.8, 4) is 11.2 Å². The molecule has 0 saturated heterocycles. The van der Waals surface area contributed by atoms with Crippen molar-refractivity contribution < 1.29 is 13.2 Å². The van der Waals surface area contributed by atoms with Crippen molar-refractivity contribution in [2.45, 2.75) is 14.7 Å². The first-order valence-corrected chi connectivity index (χ1v) is 11.0. The molecule has 0 radical (unpaired) electrons. The summed E-state index contributed by atoms with van der Waals surface area (Å²) in [5.74, 6) is 1.92. The minimum absolute atomic E-state index is 0.309. The van der Waals surface area contributed by atoms with Crippen LogP contribution in [0.25, 0.3) is 0 Å². The maximum atomic E-state index is 13.2. The zero-order chi connectivity index (χ0) is 20.6. The van der Waals surface area contributed by atoms with Gasteiger partial charge in [-0.1, -0.05) is 35.1 Å². The molecule has 3 aromatic carbocycles. The minimum Gasteiger partial charge on any atom is -0.207 e. The Morgan fingerprint density at radius 3 is 1.41 bits per heavy atom. The molecule has 0 unspecified atom stereocenters. The number of thioether (sulfide) groups is 3. The number of rotatable bonds is 5. The van der Waals surface area contributed by atoms with Crippen LogP contribution in [0.1, 0.15) is 0 Å². The Morgan fingerprint density at radius 1 is 0.621 bits per heavy atom. The van der Waals surface area contributed by atoms with Crippen LogP contribution < -0.4 is 0 Å². The van der Waals surface area contributed by atoms with Crippen molar-refractivity contribution in [2.24, 2.45) is 0 Å². The second kappa shape index (κ2) is 10.7. The zero-order valence-corrected chi connectivity index (χ0v) is 17.9. The van der Waals surface area contributed by atoms with Gasteiger partial charge in [0.2, 0.25) is 0 Å².